The van der Waals surface area contributed by atoms with E-state index in [2.05, 4.69) is 25.7 Å². The Morgan fingerprint density at radius 2 is 2.00 bits per heavy atom. The van der Waals surface area contributed by atoms with Gasteiger partial charge >= 0.3 is 0 Å². The van der Waals surface area contributed by atoms with Crippen molar-refractivity contribution in [2.75, 3.05) is 13.1 Å². The normalized spacial score (nSPS) is 17.2. The largest absolute Gasteiger partial charge is 0.360 e. The van der Waals surface area contributed by atoms with Crippen molar-refractivity contribution in [3.8, 4) is 0 Å². The van der Waals surface area contributed by atoms with Gasteiger partial charge in [0.05, 0.1) is 24.6 Å². The van der Waals surface area contributed by atoms with Crippen molar-refractivity contribution < 1.29 is 9.32 Å². The molecule has 0 radical (unpaired) electrons. The van der Waals surface area contributed by atoms with Gasteiger partial charge < -0.3 is 9.42 Å². The summed E-state index contributed by atoms with van der Waals surface area (Å²) < 4.78 is 7.16. The summed E-state index contributed by atoms with van der Waals surface area (Å²) in [5.41, 5.74) is 2.28. The van der Waals surface area contributed by atoms with E-state index in [1.54, 1.807) is 26.8 Å². The summed E-state index contributed by atoms with van der Waals surface area (Å²) in [5.74, 6) is 0.832. The molecular formula is C16H18N8O2. The lowest BCUT2D eigenvalue weighted by atomic mass is 9.95. The monoisotopic (exact) mass is 354 g/mol. The van der Waals surface area contributed by atoms with Gasteiger partial charge in [-0.15, -0.1) is 5.10 Å². The number of fused-ring (bicyclic) bond motifs is 1. The molecule has 0 bridgehead atoms. The van der Waals surface area contributed by atoms with Crippen molar-refractivity contribution in [1.29, 1.82) is 0 Å². The molecule has 3 aromatic rings. The number of hydrogen-bond acceptors (Lipinski definition) is 7. The van der Waals surface area contributed by atoms with Gasteiger partial charge in [-0.25, -0.2) is 4.68 Å². The molecule has 26 heavy (non-hydrogen) atoms. The third kappa shape index (κ3) is 2.57. The lowest BCUT2D eigenvalue weighted by molar-refractivity contribution is 0.0487. The van der Waals surface area contributed by atoms with Crippen molar-refractivity contribution in [3.05, 3.63) is 41.3 Å². The van der Waals surface area contributed by atoms with Crippen LogP contribution >= 0.6 is 0 Å². The highest BCUT2D eigenvalue weighted by atomic mass is 16.5. The molecule has 1 fully saturated rings. The van der Waals surface area contributed by atoms with E-state index in [1.807, 2.05) is 6.20 Å². The Labute approximate surface area is 148 Å². The zero-order valence-corrected chi connectivity index (χ0v) is 14.2. The first-order chi connectivity index (χ1) is 12.8. The molecule has 1 saturated heterocycles. The van der Waals surface area contributed by atoms with Gasteiger partial charge in [-0.3, -0.25) is 4.79 Å². The first kappa shape index (κ1) is 15.2. The molecule has 1 aliphatic carbocycles. The fourth-order valence-corrected chi connectivity index (χ4v) is 3.53. The number of likely N-dealkylation sites (tertiary alicyclic amines) is 1. The van der Waals surface area contributed by atoms with E-state index in [-0.39, 0.29) is 11.9 Å². The maximum atomic E-state index is 12.7. The van der Waals surface area contributed by atoms with Crippen LogP contribution in [0.2, 0.25) is 0 Å². The minimum Gasteiger partial charge on any atom is -0.360 e. The summed E-state index contributed by atoms with van der Waals surface area (Å²) in [6.45, 7) is 1.68. The maximum absolute atomic E-state index is 12.7. The molecule has 5 rings (SSSR count). The Hall–Kier alpha value is -3.04. The summed E-state index contributed by atoms with van der Waals surface area (Å²) >= 11 is 0. The number of carbonyl (C=O) groups is 1. The molecule has 2 aliphatic rings. The van der Waals surface area contributed by atoms with Crippen LogP contribution < -0.4 is 0 Å². The van der Waals surface area contributed by atoms with Crippen LogP contribution in [0.3, 0.4) is 0 Å². The Morgan fingerprint density at radius 1 is 1.19 bits per heavy atom. The Kier molecular flexibility index (Phi) is 3.54. The van der Waals surface area contributed by atoms with E-state index < -0.39 is 0 Å². The summed E-state index contributed by atoms with van der Waals surface area (Å²) in [7, 11) is 0. The van der Waals surface area contributed by atoms with Gasteiger partial charge in [0.25, 0.3) is 5.91 Å². The highest BCUT2D eigenvalue weighted by molar-refractivity contribution is 5.94. The van der Waals surface area contributed by atoms with Crippen molar-refractivity contribution >= 4 is 5.91 Å². The highest BCUT2D eigenvalue weighted by Gasteiger charge is 2.36. The van der Waals surface area contributed by atoms with Gasteiger partial charge in [0.15, 0.2) is 5.69 Å². The maximum Gasteiger partial charge on any atom is 0.276 e. The number of amides is 1. The highest BCUT2D eigenvalue weighted by Crippen LogP contribution is 2.28. The van der Waals surface area contributed by atoms with Crippen LogP contribution in [0.1, 0.15) is 46.4 Å². The summed E-state index contributed by atoms with van der Waals surface area (Å²) in [6.07, 6.45) is 9.09. The van der Waals surface area contributed by atoms with E-state index in [1.165, 1.54) is 0 Å². The van der Waals surface area contributed by atoms with Gasteiger partial charge in [0.1, 0.15) is 18.0 Å². The van der Waals surface area contributed by atoms with E-state index in [9.17, 15) is 4.79 Å². The summed E-state index contributed by atoms with van der Waals surface area (Å²) in [6, 6.07) is 0.133. The molecule has 0 atom stereocenters. The quantitative estimate of drug-likeness (QED) is 0.670. The second kappa shape index (κ2) is 6.04. The zero-order chi connectivity index (χ0) is 17.5. The average molecular weight is 354 g/mol. The zero-order valence-electron chi connectivity index (χ0n) is 14.2. The number of nitrogens with zero attached hydrogens (tertiary/aromatic N) is 8. The molecule has 0 unspecified atom stereocenters. The number of aryl methyl sites for hydroxylation is 1. The van der Waals surface area contributed by atoms with Crippen LogP contribution in [0, 0.1) is 0 Å². The standard InChI is InChI=1S/C16H18N8O2/c25-16(15-13-3-1-2-4-14(13)26-20-15)22-9-12(10-22)23-7-11(19-21-23)8-24-17-5-6-18-24/h5-7,12H,1-4,8-10H2. The number of hydrogen-bond donors (Lipinski definition) is 0. The predicted molar refractivity (Wildman–Crippen MR) is 87.2 cm³/mol. The average Bonchev–Trinajstić information content (AvgIpc) is 3.34. The molecule has 4 heterocycles. The molecule has 0 spiro atoms. The van der Waals surface area contributed by atoms with E-state index in [4.69, 9.17) is 4.52 Å². The molecule has 0 N–H and O–H groups in total. The fourth-order valence-electron chi connectivity index (χ4n) is 3.53. The van der Waals surface area contributed by atoms with Gasteiger partial charge in [-0.2, -0.15) is 15.0 Å². The van der Waals surface area contributed by atoms with E-state index in [0.29, 0.717) is 25.3 Å². The second-order valence-electron chi connectivity index (χ2n) is 6.75. The lowest BCUT2D eigenvalue weighted by Gasteiger charge is -2.38. The van der Waals surface area contributed by atoms with Gasteiger partial charge in [-0.1, -0.05) is 10.4 Å². The molecule has 134 valence electrons. The Balaban J connectivity index is 1.23. The van der Waals surface area contributed by atoms with E-state index in [0.717, 1.165) is 42.7 Å². The van der Waals surface area contributed by atoms with Crippen LogP contribution in [0.5, 0.6) is 0 Å². The van der Waals surface area contributed by atoms with Crippen molar-refractivity contribution in [1.82, 2.24) is 40.0 Å². The molecule has 10 heteroatoms. The Morgan fingerprint density at radius 3 is 2.85 bits per heavy atom. The van der Waals surface area contributed by atoms with Gasteiger partial charge in [0, 0.05) is 25.1 Å². The number of rotatable bonds is 4. The topological polar surface area (TPSA) is 108 Å². The minimum atomic E-state index is -0.0470. The third-order valence-electron chi connectivity index (χ3n) is 5.00. The fraction of sp³-hybridized carbons (Fsp3) is 0.500. The summed E-state index contributed by atoms with van der Waals surface area (Å²) in [5, 5.41) is 20.5. The Bertz CT molecular complexity index is 922. The van der Waals surface area contributed by atoms with Gasteiger partial charge in [0.2, 0.25) is 0 Å². The minimum absolute atomic E-state index is 0.0470. The third-order valence-corrected chi connectivity index (χ3v) is 5.00. The predicted octanol–water partition coefficient (Wildman–Crippen LogP) is 0.482. The van der Waals surface area contributed by atoms with Crippen LogP contribution in [0.4, 0.5) is 0 Å². The molecule has 0 aromatic carbocycles. The summed E-state index contributed by atoms with van der Waals surface area (Å²) in [4.78, 5) is 16.0. The SMILES string of the molecule is O=C(c1noc2c1CCCC2)N1CC(n2cc(Cn3nccn3)nn2)C1. The first-order valence-electron chi connectivity index (χ1n) is 8.79. The molecule has 1 amide bonds. The number of aromatic nitrogens is 7. The second-order valence-corrected chi connectivity index (χ2v) is 6.75. The molecule has 10 nitrogen and oxygen atoms in total. The van der Waals surface area contributed by atoms with Crippen LogP contribution in [-0.2, 0) is 19.4 Å². The molecule has 0 saturated carbocycles. The van der Waals surface area contributed by atoms with Crippen molar-refractivity contribution in [2.45, 2.75) is 38.3 Å². The van der Waals surface area contributed by atoms with Crippen molar-refractivity contribution in [2.24, 2.45) is 0 Å². The molecular weight excluding hydrogens is 336 g/mol. The van der Waals surface area contributed by atoms with Crippen LogP contribution in [0.15, 0.2) is 23.1 Å². The van der Waals surface area contributed by atoms with E-state index >= 15 is 0 Å². The van der Waals surface area contributed by atoms with Gasteiger partial charge in [-0.05, 0) is 19.3 Å². The molecule has 1 aliphatic heterocycles. The van der Waals surface area contributed by atoms with Crippen molar-refractivity contribution in [3.63, 3.8) is 0 Å². The first-order valence-corrected chi connectivity index (χ1v) is 8.79. The smallest absolute Gasteiger partial charge is 0.276 e. The lowest BCUT2D eigenvalue weighted by Crippen LogP contribution is -2.51. The molecule has 3 aromatic heterocycles. The number of carbonyl (C=O) groups excluding carboxylic acids is 1. The van der Waals surface area contributed by atoms with Crippen LogP contribution in [0.25, 0.3) is 0 Å². The van der Waals surface area contributed by atoms with Crippen LogP contribution in [-0.4, -0.2) is 59.0 Å².